The second kappa shape index (κ2) is 5.86. The summed E-state index contributed by atoms with van der Waals surface area (Å²) in [7, 11) is -1.81. The number of aromatic nitrogens is 2. The predicted octanol–water partition coefficient (Wildman–Crippen LogP) is 3.22. The summed E-state index contributed by atoms with van der Waals surface area (Å²) in [6, 6.07) is 0. The van der Waals surface area contributed by atoms with Gasteiger partial charge in [0.15, 0.2) is 4.77 Å². The summed E-state index contributed by atoms with van der Waals surface area (Å²) in [5.74, 6) is 0.420. The Morgan fingerprint density at radius 1 is 1.20 bits per heavy atom. The molecule has 8 heteroatoms. The van der Waals surface area contributed by atoms with Crippen molar-refractivity contribution in [3.8, 4) is 5.88 Å². The van der Waals surface area contributed by atoms with Crippen molar-refractivity contribution < 1.29 is 13.6 Å². The lowest BCUT2D eigenvalue weighted by molar-refractivity contribution is -0.134. The van der Waals surface area contributed by atoms with Gasteiger partial charge in [0.05, 0.1) is 12.1 Å². The summed E-state index contributed by atoms with van der Waals surface area (Å²) >= 11 is 5.21. The van der Waals surface area contributed by atoms with E-state index in [1.807, 2.05) is 26.7 Å². The summed E-state index contributed by atoms with van der Waals surface area (Å²) in [5.41, 5.74) is 0.697. The molecule has 0 aliphatic carbocycles. The number of carbonyl (C=O) groups excluding carboxylic acids is 1. The van der Waals surface area contributed by atoms with Crippen LogP contribution in [0.1, 0.15) is 5.69 Å². The smallest absolute Gasteiger partial charge is 0.298 e. The normalized spacial score (nSPS) is 12.3. The number of H-pyrrole nitrogens is 1. The van der Waals surface area contributed by atoms with Gasteiger partial charge in [-0.1, -0.05) is 0 Å². The molecule has 0 unspecified atom stereocenters. The summed E-state index contributed by atoms with van der Waals surface area (Å²) in [4.78, 5) is 15.0. The standard InChI is InChI=1S/C12H24N2O3SSi2/c1-14-11(17-20(5,6)7)9(13-12(14)18)8-10(15)16-19(2,3)4/h8H2,1-7H3,(H,13,18). The molecule has 0 saturated heterocycles. The van der Waals surface area contributed by atoms with Crippen molar-refractivity contribution in [2.75, 3.05) is 0 Å². The minimum atomic E-state index is -1.87. The lowest BCUT2D eigenvalue weighted by Crippen LogP contribution is -2.32. The van der Waals surface area contributed by atoms with Gasteiger partial charge in [-0.15, -0.1) is 0 Å². The molecule has 0 fully saturated rings. The molecule has 0 saturated carbocycles. The highest BCUT2D eigenvalue weighted by atomic mass is 32.1. The molecule has 1 aromatic rings. The lowest BCUT2D eigenvalue weighted by Gasteiger charge is -2.21. The maximum Gasteiger partial charge on any atom is 0.298 e. The molecular formula is C12H24N2O3SSi2. The number of nitrogens with one attached hydrogen (secondary N) is 1. The molecule has 0 radical (unpaired) electrons. The van der Waals surface area contributed by atoms with E-state index in [0.717, 1.165) is 0 Å². The van der Waals surface area contributed by atoms with Crippen LogP contribution >= 0.6 is 12.2 Å². The predicted molar refractivity (Wildman–Crippen MR) is 87.7 cm³/mol. The molecule has 114 valence electrons. The fraction of sp³-hybridized carbons (Fsp3) is 0.667. The van der Waals surface area contributed by atoms with E-state index in [1.54, 1.807) is 4.57 Å². The van der Waals surface area contributed by atoms with Gasteiger partial charge in [0.2, 0.25) is 22.5 Å². The number of imidazole rings is 1. The van der Waals surface area contributed by atoms with Gasteiger partial charge in [-0.3, -0.25) is 9.36 Å². The summed E-state index contributed by atoms with van der Waals surface area (Å²) in [6.07, 6.45) is 0.161. The van der Waals surface area contributed by atoms with Crippen LogP contribution in [-0.4, -0.2) is 32.2 Å². The molecule has 1 heterocycles. The van der Waals surface area contributed by atoms with Gasteiger partial charge in [-0.2, -0.15) is 0 Å². The first-order chi connectivity index (χ1) is 8.89. The Morgan fingerprint density at radius 2 is 1.75 bits per heavy atom. The minimum Gasteiger partial charge on any atom is -0.531 e. The summed E-state index contributed by atoms with van der Waals surface area (Å²) in [5, 5.41) is 0. The second-order valence-electron chi connectivity index (χ2n) is 6.75. The SMILES string of the molecule is Cn1c(O[Si](C)(C)C)c(CC(=O)O[Si](C)(C)C)[nH]c1=S. The van der Waals surface area contributed by atoms with E-state index in [0.29, 0.717) is 16.3 Å². The van der Waals surface area contributed by atoms with E-state index in [9.17, 15) is 4.79 Å². The summed E-state index contributed by atoms with van der Waals surface area (Å²) in [6.45, 7) is 12.2. The highest BCUT2D eigenvalue weighted by Crippen LogP contribution is 2.22. The second-order valence-corrected chi connectivity index (χ2v) is 16.0. The average Bonchev–Trinajstić information content (AvgIpc) is 2.41. The molecule has 1 aromatic heterocycles. The first-order valence-electron chi connectivity index (χ1n) is 6.58. The van der Waals surface area contributed by atoms with E-state index >= 15 is 0 Å². The minimum absolute atomic E-state index is 0.161. The Bertz CT molecular complexity index is 553. The third kappa shape index (κ3) is 5.25. The van der Waals surface area contributed by atoms with Gasteiger partial charge >= 0.3 is 0 Å². The largest absolute Gasteiger partial charge is 0.531 e. The Balaban J connectivity index is 2.99. The third-order valence-electron chi connectivity index (χ3n) is 2.27. The Kier molecular flexibility index (Phi) is 5.04. The van der Waals surface area contributed by atoms with Gasteiger partial charge in [0.25, 0.3) is 5.97 Å². The maximum absolute atomic E-state index is 12.0. The quantitative estimate of drug-likeness (QED) is 0.664. The van der Waals surface area contributed by atoms with Crippen LogP contribution in [-0.2, 0) is 22.7 Å². The lowest BCUT2D eigenvalue weighted by atomic mass is 10.3. The van der Waals surface area contributed by atoms with Crippen LogP contribution in [0.3, 0.4) is 0 Å². The molecule has 0 aromatic carbocycles. The molecule has 20 heavy (non-hydrogen) atoms. The molecule has 0 spiro atoms. The van der Waals surface area contributed by atoms with Crippen LogP contribution in [0.4, 0.5) is 0 Å². The van der Waals surface area contributed by atoms with Crippen LogP contribution in [0.5, 0.6) is 5.88 Å². The number of rotatable bonds is 5. The average molecular weight is 333 g/mol. The number of aromatic amines is 1. The van der Waals surface area contributed by atoms with Gasteiger partial charge in [0, 0.05) is 7.05 Å². The number of nitrogens with zero attached hydrogens (tertiary/aromatic N) is 1. The van der Waals surface area contributed by atoms with Gasteiger partial charge in [-0.25, -0.2) is 0 Å². The van der Waals surface area contributed by atoms with Crippen molar-refractivity contribution >= 4 is 34.8 Å². The van der Waals surface area contributed by atoms with Crippen LogP contribution in [0.15, 0.2) is 0 Å². The van der Waals surface area contributed by atoms with Crippen LogP contribution in [0.2, 0.25) is 39.3 Å². The molecule has 5 nitrogen and oxygen atoms in total. The van der Waals surface area contributed by atoms with E-state index < -0.39 is 16.6 Å². The Morgan fingerprint density at radius 3 is 2.20 bits per heavy atom. The molecule has 0 aliphatic rings. The van der Waals surface area contributed by atoms with Gasteiger partial charge in [0.1, 0.15) is 0 Å². The topological polar surface area (TPSA) is 56.2 Å². The van der Waals surface area contributed by atoms with Gasteiger partial charge < -0.3 is 13.8 Å². The number of hydrogen-bond donors (Lipinski definition) is 1. The van der Waals surface area contributed by atoms with Crippen molar-refractivity contribution in [1.29, 1.82) is 0 Å². The van der Waals surface area contributed by atoms with Crippen molar-refractivity contribution in [3.63, 3.8) is 0 Å². The zero-order valence-corrected chi connectivity index (χ0v) is 16.1. The fourth-order valence-corrected chi connectivity index (χ4v) is 3.42. The third-order valence-corrected chi connectivity index (χ3v) is 4.29. The van der Waals surface area contributed by atoms with Gasteiger partial charge in [-0.05, 0) is 51.5 Å². The highest BCUT2D eigenvalue weighted by molar-refractivity contribution is 7.71. The zero-order valence-electron chi connectivity index (χ0n) is 13.3. The highest BCUT2D eigenvalue weighted by Gasteiger charge is 2.25. The first kappa shape index (κ1) is 17.2. The van der Waals surface area contributed by atoms with Crippen LogP contribution < -0.4 is 4.43 Å². The monoisotopic (exact) mass is 332 g/mol. The van der Waals surface area contributed by atoms with E-state index in [-0.39, 0.29) is 12.4 Å². The van der Waals surface area contributed by atoms with Crippen molar-refractivity contribution in [1.82, 2.24) is 9.55 Å². The molecular weight excluding hydrogens is 308 g/mol. The number of hydrogen-bond acceptors (Lipinski definition) is 4. The van der Waals surface area contributed by atoms with Crippen molar-refractivity contribution in [2.45, 2.75) is 45.7 Å². The molecule has 0 aliphatic heterocycles. The number of carbonyl (C=O) groups is 1. The Hall–Kier alpha value is -0.866. The molecule has 0 atom stereocenters. The van der Waals surface area contributed by atoms with Crippen molar-refractivity contribution in [2.24, 2.45) is 7.05 Å². The molecule has 1 N–H and O–H groups in total. The molecule has 1 rings (SSSR count). The summed E-state index contributed by atoms with van der Waals surface area (Å²) < 4.78 is 13.8. The van der Waals surface area contributed by atoms with E-state index in [2.05, 4.69) is 24.6 Å². The van der Waals surface area contributed by atoms with Crippen LogP contribution in [0.25, 0.3) is 0 Å². The van der Waals surface area contributed by atoms with Crippen LogP contribution in [0, 0.1) is 4.77 Å². The molecule has 0 bridgehead atoms. The van der Waals surface area contributed by atoms with E-state index in [1.165, 1.54) is 0 Å². The zero-order chi connectivity index (χ0) is 15.7. The Labute approximate surface area is 127 Å². The molecule has 0 amide bonds. The fourth-order valence-electron chi connectivity index (χ4n) is 1.62. The van der Waals surface area contributed by atoms with E-state index in [4.69, 9.17) is 21.1 Å². The maximum atomic E-state index is 12.0. The first-order valence-corrected chi connectivity index (χ1v) is 13.8. The van der Waals surface area contributed by atoms with Crippen molar-refractivity contribution in [3.05, 3.63) is 10.5 Å².